The fourth-order valence-corrected chi connectivity index (χ4v) is 2.50. The van der Waals surface area contributed by atoms with E-state index in [-0.39, 0.29) is 18.5 Å². The molecule has 0 aliphatic rings. The van der Waals surface area contributed by atoms with Crippen molar-refractivity contribution in [2.75, 3.05) is 11.9 Å². The topological polar surface area (TPSA) is 41.1 Å². The largest absolute Gasteiger partial charge is 0.375 e. The summed E-state index contributed by atoms with van der Waals surface area (Å²) < 4.78 is 0. The first kappa shape index (κ1) is 16.4. The van der Waals surface area contributed by atoms with Crippen LogP contribution in [0.15, 0.2) is 54.6 Å². The maximum atomic E-state index is 12.2. The van der Waals surface area contributed by atoms with Gasteiger partial charge in [-0.1, -0.05) is 67.9 Å². The molecule has 0 aromatic heterocycles. The first-order valence-electron chi connectivity index (χ1n) is 7.40. The molecule has 0 saturated carbocycles. The van der Waals surface area contributed by atoms with Crippen LogP contribution in [0.1, 0.15) is 25.5 Å². The normalized spacial score (nSPS) is 12.0. The van der Waals surface area contributed by atoms with Crippen LogP contribution in [0.5, 0.6) is 0 Å². The van der Waals surface area contributed by atoms with Gasteiger partial charge in [-0.2, -0.15) is 0 Å². The van der Waals surface area contributed by atoms with Gasteiger partial charge in [0.25, 0.3) is 0 Å². The van der Waals surface area contributed by atoms with Gasteiger partial charge in [0, 0.05) is 0 Å². The number of amides is 1. The highest BCUT2D eigenvalue weighted by molar-refractivity contribution is 6.33. The molecule has 0 saturated heterocycles. The van der Waals surface area contributed by atoms with E-state index in [1.54, 1.807) is 6.07 Å². The second kappa shape index (κ2) is 7.85. The van der Waals surface area contributed by atoms with Gasteiger partial charge in [0.1, 0.15) is 0 Å². The maximum absolute atomic E-state index is 12.2. The lowest BCUT2D eigenvalue weighted by molar-refractivity contribution is -0.120. The Bertz CT molecular complexity index is 613. The highest BCUT2D eigenvalue weighted by Gasteiger charge is 2.17. The van der Waals surface area contributed by atoms with E-state index < -0.39 is 0 Å². The van der Waals surface area contributed by atoms with Crippen LogP contribution in [0, 0.1) is 5.92 Å². The van der Waals surface area contributed by atoms with Crippen molar-refractivity contribution < 1.29 is 4.79 Å². The van der Waals surface area contributed by atoms with Crippen molar-refractivity contribution in [3.05, 3.63) is 65.2 Å². The van der Waals surface area contributed by atoms with Gasteiger partial charge >= 0.3 is 0 Å². The summed E-state index contributed by atoms with van der Waals surface area (Å²) in [5.74, 6) is 0.258. The molecule has 4 heteroatoms. The fraction of sp³-hybridized carbons (Fsp3) is 0.278. The minimum Gasteiger partial charge on any atom is -0.375 e. The molecule has 2 N–H and O–H groups in total. The van der Waals surface area contributed by atoms with E-state index >= 15 is 0 Å². The molecule has 3 nitrogen and oxygen atoms in total. The first-order valence-corrected chi connectivity index (χ1v) is 7.78. The van der Waals surface area contributed by atoms with Crippen LogP contribution in [-0.2, 0) is 4.79 Å². The zero-order chi connectivity index (χ0) is 15.9. The van der Waals surface area contributed by atoms with E-state index in [9.17, 15) is 4.79 Å². The molecule has 22 heavy (non-hydrogen) atoms. The van der Waals surface area contributed by atoms with E-state index in [4.69, 9.17) is 11.6 Å². The summed E-state index contributed by atoms with van der Waals surface area (Å²) in [7, 11) is 0. The van der Waals surface area contributed by atoms with Gasteiger partial charge in [0.05, 0.1) is 23.3 Å². The summed E-state index contributed by atoms with van der Waals surface area (Å²) in [6, 6.07) is 17.4. The van der Waals surface area contributed by atoms with Crippen molar-refractivity contribution in [1.29, 1.82) is 0 Å². The van der Waals surface area contributed by atoms with Gasteiger partial charge in [-0.25, -0.2) is 0 Å². The van der Waals surface area contributed by atoms with E-state index in [0.717, 1.165) is 11.3 Å². The maximum Gasteiger partial charge on any atom is 0.239 e. The van der Waals surface area contributed by atoms with Crippen LogP contribution >= 0.6 is 11.6 Å². The molecule has 0 fully saturated rings. The molecule has 2 rings (SSSR count). The molecular weight excluding hydrogens is 296 g/mol. The summed E-state index contributed by atoms with van der Waals surface area (Å²) in [6.07, 6.45) is 0. The summed E-state index contributed by atoms with van der Waals surface area (Å²) in [5.41, 5.74) is 1.88. The van der Waals surface area contributed by atoms with Crippen molar-refractivity contribution in [2.45, 2.75) is 19.9 Å². The van der Waals surface area contributed by atoms with Crippen LogP contribution in [0.3, 0.4) is 0 Å². The average Bonchev–Trinajstić information content (AvgIpc) is 2.52. The van der Waals surface area contributed by atoms with Gasteiger partial charge in [-0.05, 0) is 23.6 Å². The number of hydrogen-bond donors (Lipinski definition) is 2. The molecule has 0 bridgehead atoms. The summed E-state index contributed by atoms with van der Waals surface area (Å²) in [6.45, 7) is 4.39. The minimum atomic E-state index is -0.0533. The number of carbonyl (C=O) groups is 1. The Balaban J connectivity index is 1.96. The number of anilines is 1. The molecule has 1 unspecified atom stereocenters. The minimum absolute atomic E-state index is 0.00162. The summed E-state index contributed by atoms with van der Waals surface area (Å²) >= 11 is 6.07. The molecule has 0 spiro atoms. The molecule has 1 amide bonds. The van der Waals surface area contributed by atoms with Gasteiger partial charge in [-0.3, -0.25) is 4.79 Å². The Morgan fingerprint density at radius 2 is 1.68 bits per heavy atom. The van der Waals surface area contributed by atoms with E-state index in [2.05, 4.69) is 24.5 Å². The predicted molar refractivity (Wildman–Crippen MR) is 92.1 cm³/mol. The molecular formula is C18H21ClN2O. The van der Waals surface area contributed by atoms with E-state index in [1.165, 1.54) is 0 Å². The monoisotopic (exact) mass is 316 g/mol. The number of carbonyl (C=O) groups excluding carboxylic acids is 1. The molecule has 2 aromatic rings. The third kappa shape index (κ3) is 4.50. The highest BCUT2D eigenvalue weighted by Crippen LogP contribution is 2.22. The van der Waals surface area contributed by atoms with Crippen LogP contribution in [0.25, 0.3) is 0 Å². The Morgan fingerprint density at radius 3 is 2.32 bits per heavy atom. The Morgan fingerprint density at radius 1 is 1.05 bits per heavy atom. The summed E-state index contributed by atoms with van der Waals surface area (Å²) in [4.78, 5) is 12.2. The quantitative estimate of drug-likeness (QED) is 0.835. The van der Waals surface area contributed by atoms with Crippen LogP contribution in [0.2, 0.25) is 5.02 Å². The third-order valence-electron chi connectivity index (χ3n) is 3.46. The van der Waals surface area contributed by atoms with Crippen molar-refractivity contribution in [3.8, 4) is 0 Å². The molecule has 116 valence electrons. The number of para-hydroxylation sites is 1. The lowest BCUT2D eigenvalue weighted by Gasteiger charge is -2.23. The number of nitrogens with one attached hydrogen (secondary N) is 2. The first-order chi connectivity index (χ1) is 10.6. The van der Waals surface area contributed by atoms with E-state index in [1.807, 2.05) is 48.5 Å². The van der Waals surface area contributed by atoms with Gasteiger partial charge < -0.3 is 10.6 Å². The van der Waals surface area contributed by atoms with Crippen LogP contribution in [-0.4, -0.2) is 12.5 Å². The van der Waals surface area contributed by atoms with Crippen molar-refractivity contribution >= 4 is 23.2 Å². The second-order valence-corrected chi connectivity index (χ2v) is 5.94. The number of benzene rings is 2. The molecule has 0 aliphatic heterocycles. The lowest BCUT2D eigenvalue weighted by Crippen LogP contribution is -2.35. The average molecular weight is 317 g/mol. The van der Waals surface area contributed by atoms with Crippen molar-refractivity contribution in [2.24, 2.45) is 5.92 Å². The van der Waals surface area contributed by atoms with Gasteiger partial charge in [0.2, 0.25) is 5.91 Å². The molecule has 0 radical (unpaired) electrons. The summed E-state index contributed by atoms with van der Waals surface area (Å²) in [5, 5.41) is 6.75. The standard InChI is InChI=1S/C18H21ClN2O/c1-13(2)18(14-8-4-3-5-9-14)21-17(22)12-20-16-11-7-6-10-15(16)19/h3-11,13,18,20H,12H2,1-2H3,(H,21,22). The SMILES string of the molecule is CC(C)C(NC(=O)CNc1ccccc1Cl)c1ccccc1. The Kier molecular flexibility index (Phi) is 5.84. The molecule has 0 aliphatic carbocycles. The molecule has 2 aromatic carbocycles. The van der Waals surface area contributed by atoms with Crippen LogP contribution < -0.4 is 10.6 Å². The fourth-order valence-electron chi connectivity index (χ4n) is 2.30. The Hall–Kier alpha value is -2.00. The third-order valence-corrected chi connectivity index (χ3v) is 3.78. The number of rotatable bonds is 6. The molecule has 1 atom stereocenters. The van der Waals surface area contributed by atoms with Gasteiger partial charge in [-0.15, -0.1) is 0 Å². The highest BCUT2D eigenvalue weighted by atomic mass is 35.5. The number of hydrogen-bond acceptors (Lipinski definition) is 2. The second-order valence-electron chi connectivity index (χ2n) is 5.53. The zero-order valence-corrected chi connectivity index (χ0v) is 13.6. The van der Waals surface area contributed by atoms with Crippen molar-refractivity contribution in [3.63, 3.8) is 0 Å². The Labute approximate surface area is 136 Å². The zero-order valence-electron chi connectivity index (χ0n) is 12.8. The van der Waals surface area contributed by atoms with Crippen molar-refractivity contribution in [1.82, 2.24) is 5.32 Å². The van der Waals surface area contributed by atoms with Gasteiger partial charge in [0.15, 0.2) is 0 Å². The van der Waals surface area contributed by atoms with E-state index in [0.29, 0.717) is 10.9 Å². The number of halogens is 1. The predicted octanol–water partition coefficient (Wildman–Crippen LogP) is 4.27. The van der Waals surface area contributed by atoms with Crippen LogP contribution in [0.4, 0.5) is 5.69 Å². The lowest BCUT2D eigenvalue weighted by atomic mass is 9.96. The smallest absolute Gasteiger partial charge is 0.239 e. The molecule has 0 heterocycles.